The van der Waals surface area contributed by atoms with Crippen LogP contribution in [0.15, 0.2) is 24.3 Å². The number of carboxylic acid groups (broad SMARTS) is 1. The van der Waals surface area contributed by atoms with Crippen molar-refractivity contribution in [1.29, 1.82) is 0 Å². The average molecular weight is 686 g/mol. The lowest BCUT2D eigenvalue weighted by atomic mass is 9.70. The third kappa shape index (κ3) is 11.2. The Morgan fingerprint density at radius 3 is 1.56 bits per heavy atom. The van der Waals surface area contributed by atoms with Gasteiger partial charge in [0.05, 0.1) is 0 Å². The zero-order chi connectivity index (χ0) is 19.1. The summed E-state index contributed by atoms with van der Waals surface area (Å²) in [6.07, 6.45) is 7.88. The Morgan fingerprint density at radius 1 is 0.920 bits per heavy atom. The van der Waals surface area contributed by atoms with Crippen LogP contribution >= 0.6 is 67.8 Å². The number of carbonyl (C=O) groups is 1. The quantitative estimate of drug-likeness (QED) is 0.200. The molecule has 1 aromatic rings. The second-order valence-electron chi connectivity index (χ2n) is 5.95. The first-order valence-corrected chi connectivity index (χ1v) is 13.2. The first-order valence-electron chi connectivity index (χ1n) is 8.65. The molecule has 0 atom stereocenters. The van der Waals surface area contributed by atoms with Crippen molar-refractivity contribution in [3.8, 4) is 5.75 Å². The van der Waals surface area contributed by atoms with E-state index in [-0.39, 0.29) is 6.42 Å². The Kier molecular flexibility index (Phi) is 16.1. The van der Waals surface area contributed by atoms with Crippen molar-refractivity contribution < 1.29 is 15.0 Å². The van der Waals surface area contributed by atoms with Crippen molar-refractivity contribution in [2.45, 2.75) is 57.3 Å². The maximum Gasteiger partial charge on any atom is 0.303 e. The van der Waals surface area contributed by atoms with E-state index in [1.807, 2.05) is 12.1 Å². The molecular weight excluding hydrogens is 657 g/mol. The van der Waals surface area contributed by atoms with Gasteiger partial charge in [0.25, 0.3) is 0 Å². The number of hydrogen-bond acceptors (Lipinski definition) is 2. The van der Waals surface area contributed by atoms with Gasteiger partial charge in [-0.15, -0.1) is 0 Å². The molecule has 0 aromatic heterocycles. The molecule has 0 aliphatic heterocycles. The number of hydrogen-bond donors (Lipinski definition) is 2. The van der Waals surface area contributed by atoms with E-state index in [4.69, 9.17) is 5.11 Å². The highest BCUT2D eigenvalue weighted by atomic mass is 127. The Balaban J connectivity index is 0.00000101. The van der Waals surface area contributed by atoms with Gasteiger partial charge >= 0.3 is 5.97 Å². The summed E-state index contributed by atoms with van der Waals surface area (Å²) in [6.45, 7) is 1.60. The van der Waals surface area contributed by atoms with E-state index in [9.17, 15) is 9.90 Å². The summed E-state index contributed by atoms with van der Waals surface area (Å²) >= 11 is 7.45. The second kappa shape index (κ2) is 15.7. The highest BCUT2D eigenvalue weighted by Gasteiger charge is 2.30. The van der Waals surface area contributed by atoms with Crippen molar-refractivity contribution in [2.24, 2.45) is 0 Å². The van der Waals surface area contributed by atoms with Gasteiger partial charge < -0.3 is 10.2 Å². The first-order chi connectivity index (χ1) is 12.0. The van der Waals surface area contributed by atoms with Crippen LogP contribution in [0.3, 0.4) is 0 Å². The molecule has 0 radical (unpaired) electrons. The number of aliphatic carboxylic acids is 1. The molecule has 0 aliphatic carbocycles. The van der Waals surface area contributed by atoms with Crippen molar-refractivity contribution in [3.63, 3.8) is 0 Å². The zero-order valence-corrected chi connectivity index (χ0v) is 21.3. The van der Waals surface area contributed by atoms with Crippen LogP contribution in [0.2, 0.25) is 0 Å². The largest absolute Gasteiger partial charge is 0.508 e. The summed E-state index contributed by atoms with van der Waals surface area (Å²) < 4.78 is 3.68. The van der Waals surface area contributed by atoms with Crippen LogP contribution in [0.1, 0.15) is 57.4 Å². The van der Waals surface area contributed by atoms with Gasteiger partial charge in [-0.05, 0) is 74.9 Å². The molecule has 0 saturated heterocycles. The fraction of sp³-hybridized carbons (Fsp3) is 0.632. The van der Waals surface area contributed by atoms with Crippen LogP contribution in [0.4, 0.5) is 0 Å². The van der Waals surface area contributed by atoms with E-state index in [1.165, 1.54) is 57.4 Å². The number of rotatable bonds is 11. The van der Waals surface area contributed by atoms with Crippen LogP contribution < -0.4 is 0 Å². The molecule has 1 aromatic carbocycles. The fourth-order valence-corrected chi connectivity index (χ4v) is 3.98. The topological polar surface area (TPSA) is 57.5 Å². The molecule has 6 heteroatoms. The van der Waals surface area contributed by atoms with Gasteiger partial charge in [-0.25, -0.2) is 0 Å². The SMILES string of the molecule is CCC(=O)O.Oc1ccc(C(CCCI)(CCCI)CCCI)cc1. The van der Waals surface area contributed by atoms with Gasteiger partial charge in [0, 0.05) is 6.42 Å². The fourth-order valence-electron chi connectivity index (χ4n) is 2.84. The van der Waals surface area contributed by atoms with E-state index in [1.54, 1.807) is 6.92 Å². The lowest BCUT2D eigenvalue weighted by Crippen LogP contribution is -2.27. The molecule has 1 rings (SSSR count). The van der Waals surface area contributed by atoms with Gasteiger partial charge in [0.2, 0.25) is 0 Å². The summed E-state index contributed by atoms with van der Waals surface area (Å²) in [4.78, 5) is 9.37. The Bertz CT molecular complexity index is 442. The van der Waals surface area contributed by atoms with Crippen molar-refractivity contribution in [3.05, 3.63) is 29.8 Å². The molecule has 0 saturated carbocycles. The zero-order valence-electron chi connectivity index (χ0n) is 14.8. The Morgan fingerprint density at radius 2 is 1.28 bits per heavy atom. The summed E-state index contributed by atoms with van der Waals surface area (Å²) in [6, 6.07) is 7.98. The van der Waals surface area contributed by atoms with Crippen molar-refractivity contribution in [1.82, 2.24) is 0 Å². The molecule has 144 valence electrons. The summed E-state index contributed by atoms with van der Waals surface area (Å²) in [5.74, 6) is -0.371. The van der Waals surface area contributed by atoms with Gasteiger partial charge in [-0.2, -0.15) is 0 Å². The molecule has 0 amide bonds. The molecule has 3 nitrogen and oxygen atoms in total. The van der Waals surface area contributed by atoms with Gasteiger partial charge in [-0.1, -0.05) is 86.8 Å². The molecule has 0 bridgehead atoms. The summed E-state index contributed by atoms with van der Waals surface area (Å²) in [5.41, 5.74) is 1.74. The molecule has 0 aliphatic rings. The predicted molar refractivity (Wildman–Crippen MR) is 132 cm³/mol. The molecule has 2 N–H and O–H groups in total. The molecule has 0 heterocycles. The van der Waals surface area contributed by atoms with Crippen LogP contribution in [0, 0.1) is 0 Å². The van der Waals surface area contributed by atoms with Crippen LogP contribution in [-0.4, -0.2) is 29.5 Å². The second-order valence-corrected chi connectivity index (χ2v) is 9.19. The summed E-state index contributed by atoms with van der Waals surface area (Å²) in [5, 5.41) is 17.3. The van der Waals surface area contributed by atoms with Crippen LogP contribution in [0.25, 0.3) is 0 Å². The lowest BCUT2D eigenvalue weighted by Gasteiger charge is -2.35. The van der Waals surface area contributed by atoms with E-state index < -0.39 is 5.97 Å². The molecule has 25 heavy (non-hydrogen) atoms. The third-order valence-corrected chi connectivity index (χ3v) is 6.44. The van der Waals surface area contributed by atoms with E-state index in [0.717, 1.165) is 0 Å². The predicted octanol–water partition coefficient (Wildman–Crippen LogP) is 6.76. The lowest BCUT2D eigenvalue weighted by molar-refractivity contribution is -0.136. The molecular formula is C19H29I3O3. The number of phenolic OH excluding ortho intramolecular Hbond substituents is 1. The number of halogens is 3. The van der Waals surface area contributed by atoms with Crippen molar-refractivity contribution in [2.75, 3.05) is 13.3 Å². The monoisotopic (exact) mass is 686 g/mol. The van der Waals surface area contributed by atoms with Gasteiger partial charge in [0.1, 0.15) is 5.75 Å². The van der Waals surface area contributed by atoms with E-state index in [2.05, 4.69) is 79.9 Å². The smallest absolute Gasteiger partial charge is 0.303 e. The normalized spacial score (nSPS) is 10.9. The minimum atomic E-state index is -0.745. The maximum absolute atomic E-state index is 9.55. The van der Waals surface area contributed by atoms with Gasteiger partial charge in [0.15, 0.2) is 0 Å². The number of aromatic hydroxyl groups is 1. The first kappa shape index (κ1) is 25.7. The maximum atomic E-state index is 9.55. The van der Waals surface area contributed by atoms with Crippen LogP contribution in [-0.2, 0) is 10.2 Å². The minimum absolute atomic E-state index is 0.222. The van der Waals surface area contributed by atoms with E-state index in [0.29, 0.717) is 11.2 Å². The highest BCUT2D eigenvalue weighted by molar-refractivity contribution is 14.1. The summed E-state index contributed by atoms with van der Waals surface area (Å²) in [7, 11) is 0. The Hall–Kier alpha value is 0.680. The van der Waals surface area contributed by atoms with Crippen molar-refractivity contribution >= 4 is 73.7 Å². The average Bonchev–Trinajstić information content (AvgIpc) is 2.62. The standard InChI is InChI=1S/C16H23I3O.C3H6O2/c17-11-1-8-16(9-2-12-18,10-3-13-19)14-4-6-15(20)7-5-14;1-2-3(4)5/h4-7,20H,1-3,8-13H2;2H2,1H3,(H,4,5). The van der Waals surface area contributed by atoms with Crippen LogP contribution in [0.5, 0.6) is 5.75 Å². The number of benzene rings is 1. The molecule has 0 unspecified atom stereocenters. The number of alkyl halides is 3. The van der Waals surface area contributed by atoms with Gasteiger partial charge in [-0.3, -0.25) is 4.79 Å². The third-order valence-electron chi connectivity index (χ3n) is 4.15. The van der Waals surface area contributed by atoms with E-state index >= 15 is 0 Å². The number of phenols is 1. The molecule has 0 spiro atoms. The number of carboxylic acids is 1. The molecule has 0 fully saturated rings. The minimum Gasteiger partial charge on any atom is -0.508 e. The highest BCUT2D eigenvalue weighted by Crippen LogP contribution is 2.40. The Labute approximate surface area is 193 Å².